The van der Waals surface area contributed by atoms with Gasteiger partial charge in [-0.05, 0) is 30.0 Å². The molecule has 0 aliphatic rings. The topological polar surface area (TPSA) is 26.3 Å². The van der Waals surface area contributed by atoms with Crippen LogP contribution in [-0.4, -0.2) is 18.8 Å². The smallest absolute Gasteiger partial charge is 0.422 e. The van der Waals surface area contributed by atoms with Crippen molar-refractivity contribution in [2.75, 3.05) is 6.61 Å². The SMILES string of the molecule is CC(C)CCC[C@H](C(=O)OCC(F)(F)F)c1ccc(Br)cc1. The van der Waals surface area contributed by atoms with E-state index in [0.29, 0.717) is 17.9 Å². The van der Waals surface area contributed by atoms with Crippen molar-refractivity contribution in [2.24, 2.45) is 5.92 Å². The van der Waals surface area contributed by atoms with Gasteiger partial charge in [0.1, 0.15) is 0 Å². The average Bonchev–Trinajstić information content (AvgIpc) is 2.41. The highest BCUT2D eigenvalue weighted by Crippen LogP contribution is 2.27. The van der Waals surface area contributed by atoms with Crippen molar-refractivity contribution >= 4 is 21.9 Å². The Hall–Kier alpha value is -1.04. The molecule has 1 rings (SSSR count). The van der Waals surface area contributed by atoms with Crippen LogP contribution in [0.15, 0.2) is 28.7 Å². The standard InChI is InChI=1S/C16H20BrF3O2/c1-11(2)4-3-5-14(12-6-8-13(17)9-7-12)15(21)22-10-16(18,19)20/h6-9,11,14H,3-5,10H2,1-2H3/t14-/m0/s1. The zero-order chi connectivity index (χ0) is 16.8. The largest absolute Gasteiger partial charge is 0.456 e. The van der Waals surface area contributed by atoms with Crippen LogP contribution in [0.2, 0.25) is 0 Å². The van der Waals surface area contributed by atoms with Gasteiger partial charge in [0.25, 0.3) is 0 Å². The zero-order valence-corrected chi connectivity index (χ0v) is 14.2. The second-order valence-corrected chi connectivity index (χ2v) is 6.57. The normalized spacial score (nSPS) is 13.2. The Morgan fingerprint density at radius 1 is 1.18 bits per heavy atom. The number of carbonyl (C=O) groups is 1. The highest BCUT2D eigenvalue weighted by molar-refractivity contribution is 9.10. The lowest BCUT2D eigenvalue weighted by atomic mass is 9.92. The molecule has 0 aromatic heterocycles. The van der Waals surface area contributed by atoms with E-state index in [1.54, 1.807) is 24.3 Å². The van der Waals surface area contributed by atoms with Gasteiger partial charge in [0.05, 0.1) is 5.92 Å². The van der Waals surface area contributed by atoms with Crippen molar-refractivity contribution in [3.8, 4) is 0 Å². The van der Waals surface area contributed by atoms with Gasteiger partial charge in [-0.25, -0.2) is 0 Å². The number of alkyl halides is 3. The molecule has 0 unspecified atom stereocenters. The van der Waals surface area contributed by atoms with E-state index >= 15 is 0 Å². The number of rotatable bonds is 7. The molecule has 6 heteroatoms. The molecule has 0 N–H and O–H groups in total. The van der Waals surface area contributed by atoms with E-state index in [0.717, 1.165) is 17.3 Å². The fourth-order valence-corrected chi connectivity index (χ4v) is 2.36. The van der Waals surface area contributed by atoms with E-state index in [1.807, 2.05) is 0 Å². The molecule has 1 aromatic carbocycles. The van der Waals surface area contributed by atoms with Crippen LogP contribution in [0, 0.1) is 5.92 Å². The summed E-state index contributed by atoms with van der Waals surface area (Å²) in [7, 11) is 0. The van der Waals surface area contributed by atoms with Crippen LogP contribution in [0.1, 0.15) is 44.6 Å². The summed E-state index contributed by atoms with van der Waals surface area (Å²) < 4.78 is 41.9. The summed E-state index contributed by atoms with van der Waals surface area (Å²) in [6, 6.07) is 7.00. The monoisotopic (exact) mass is 380 g/mol. The first-order chi connectivity index (χ1) is 10.2. The first-order valence-electron chi connectivity index (χ1n) is 7.18. The van der Waals surface area contributed by atoms with Gasteiger partial charge < -0.3 is 4.74 Å². The van der Waals surface area contributed by atoms with Gasteiger partial charge >= 0.3 is 12.1 Å². The summed E-state index contributed by atoms with van der Waals surface area (Å²) in [5.74, 6) is -0.991. The van der Waals surface area contributed by atoms with Crippen molar-refractivity contribution in [3.63, 3.8) is 0 Å². The number of carbonyl (C=O) groups excluding carboxylic acids is 1. The quantitative estimate of drug-likeness (QED) is 0.586. The molecule has 0 radical (unpaired) electrons. The van der Waals surface area contributed by atoms with E-state index < -0.39 is 24.7 Å². The van der Waals surface area contributed by atoms with Gasteiger partial charge in [-0.15, -0.1) is 0 Å². The third kappa shape index (κ3) is 7.29. The predicted octanol–water partition coefficient (Wildman–Crippen LogP) is 5.46. The first kappa shape index (κ1) is 19.0. The second-order valence-electron chi connectivity index (χ2n) is 5.65. The molecule has 0 aliphatic heterocycles. The number of esters is 1. The van der Waals surface area contributed by atoms with Crippen molar-refractivity contribution in [2.45, 2.75) is 45.2 Å². The van der Waals surface area contributed by atoms with E-state index in [4.69, 9.17) is 0 Å². The highest BCUT2D eigenvalue weighted by Gasteiger charge is 2.31. The maximum Gasteiger partial charge on any atom is 0.422 e. The third-order valence-corrected chi connectivity index (χ3v) is 3.74. The lowest BCUT2D eigenvalue weighted by molar-refractivity contribution is -0.187. The number of ether oxygens (including phenoxy) is 1. The Morgan fingerprint density at radius 3 is 2.27 bits per heavy atom. The summed E-state index contributed by atoms with van der Waals surface area (Å²) in [4.78, 5) is 12.0. The fourth-order valence-electron chi connectivity index (χ4n) is 2.10. The van der Waals surface area contributed by atoms with E-state index in [-0.39, 0.29) is 0 Å². The van der Waals surface area contributed by atoms with Crippen LogP contribution < -0.4 is 0 Å². The molecule has 0 fully saturated rings. The molecule has 1 aromatic rings. The number of hydrogen-bond donors (Lipinski definition) is 0. The lowest BCUT2D eigenvalue weighted by Gasteiger charge is -2.18. The van der Waals surface area contributed by atoms with Gasteiger partial charge in [-0.1, -0.05) is 54.8 Å². The second kappa shape index (κ2) is 8.56. The third-order valence-electron chi connectivity index (χ3n) is 3.21. The maximum absolute atomic E-state index is 12.2. The molecule has 0 bridgehead atoms. The molecule has 2 nitrogen and oxygen atoms in total. The van der Waals surface area contributed by atoms with Crippen LogP contribution in [-0.2, 0) is 9.53 Å². The maximum atomic E-state index is 12.2. The molecule has 1 atom stereocenters. The highest BCUT2D eigenvalue weighted by atomic mass is 79.9. The Kier molecular flexibility index (Phi) is 7.39. The first-order valence-corrected chi connectivity index (χ1v) is 7.97. The minimum Gasteiger partial charge on any atom is -0.456 e. The predicted molar refractivity (Wildman–Crippen MR) is 82.6 cm³/mol. The summed E-state index contributed by atoms with van der Waals surface area (Å²) >= 11 is 3.30. The molecule has 0 saturated carbocycles. The van der Waals surface area contributed by atoms with Crippen molar-refractivity contribution in [1.82, 2.24) is 0 Å². The Morgan fingerprint density at radius 2 is 1.77 bits per heavy atom. The zero-order valence-electron chi connectivity index (χ0n) is 12.6. The summed E-state index contributed by atoms with van der Waals surface area (Å²) in [6.45, 7) is 2.59. The van der Waals surface area contributed by atoms with E-state index in [1.165, 1.54) is 0 Å². The van der Waals surface area contributed by atoms with Gasteiger partial charge in [-0.3, -0.25) is 4.79 Å². The minimum absolute atomic E-state index is 0.483. The molecular formula is C16H20BrF3O2. The summed E-state index contributed by atoms with van der Waals surface area (Å²) in [6.07, 6.45) is -2.34. The van der Waals surface area contributed by atoms with Gasteiger partial charge in [-0.2, -0.15) is 13.2 Å². The molecule has 0 saturated heterocycles. The van der Waals surface area contributed by atoms with E-state index in [2.05, 4.69) is 34.5 Å². The Labute approximate surface area is 137 Å². The van der Waals surface area contributed by atoms with Crippen LogP contribution in [0.25, 0.3) is 0 Å². The lowest BCUT2D eigenvalue weighted by Crippen LogP contribution is -2.24. The van der Waals surface area contributed by atoms with Gasteiger partial charge in [0, 0.05) is 4.47 Å². The molecule has 0 aliphatic carbocycles. The van der Waals surface area contributed by atoms with Crippen LogP contribution in [0.4, 0.5) is 13.2 Å². The Balaban J connectivity index is 2.76. The minimum atomic E-state index is -4.50. The molecule has 124 valence electrons. The van der Waals surface area contributed by atoms with Crippen molar-refractivity contribution in [1.29, 1.82) is 0 Å². The number of benzene rings is 1. The van der Waals surface area contributed by atoms with Gasteiger partial charge in [0.15, 0.2) is 6.61 Å². The van der Waals surface area contributed by atoms with Crippen LogP contribution in [0.5, 0.6) is 0 Å². The van der Waals surface area contributed by atoms with Crippen molar-refractivity contribution in [3.05, 3.63) is 34.3 Å². The fraction of sp³-hybridized carbons (Fsp3) is 0.562. The Bertz CT molecular complexity index is 469. The molecule has 0 amide bonds. The molecule has 0 spiro atoms. The number of hydrogen-bond acceptors (Lipinski definition) is 2. The summed E-state index contributed by atoms with van der Waals surface area (Å²) in [5.41, 5.74) is 0.680. The average molecular weight is 381 g/mol. The van der Waals surface area contributed by atoms with Crippen LogP contribution in [0.3, 0.4) is 0 Å². The van der Waals surface area contributed by atoms with E-state index in [9.17, 15) is 18.0 Å². The molecular weight excluding hydrogens is 361 g/mol. The van der Waals surface area contributed by atoms with Gasteiger partial charge in [0.2, 0.25) is 0 Å². The van der Waals surface area contributed by atoms with Crippen molar-refractivity contribution < 1.29 is 22.7 Å². The molecule has 0 heterocycles. The number of halogens is 4. The van der Waals surface area contributed by atoms with Crippen LogP contribution >= 0.6 is 15.9 Å². The summed E-state index contributed by atoms with van der Waals surface area (Å²) in [5, 5.41) is 0. The molecule has 22 heavy (non-hydrogen) atoms.